The molecule has 0 saturated heterocycles. The summed E-state index contributed by atoms with van der Waals surface area (Å²) in [5.41, 5.74) is 0. The SMILES string of the molecule is CCC(O)C[N+](C)(CC(O)CC)CC(O)CC. The number of aliphatic hydroxyl groups is 3. The minimum absolute atomic E-state index is 0.367. The first-order valence-electron chi connectivity index (χ1n) is 6.74. The quantitative estimate of drug-likeness (QED) is 0.528. The van der Waals surface area contributed by atoms with Gasteiger partial charge in [-0.05, 0) is 19.3 Å². The molecule has 0 aromatic carbocycles. The van der Waals surface area contributed by atoms with Crippen molar-refractivity contribution in [2.24, 2.45) is 0 Å². The number of rotatable bonds is 9. The second-order valence-corrected chi connectivity index (χ2v) is 5.35. The van der Waals surface area contributed by atoms with E-state index in [0.717, 1.165) is 0 Å². The molecule has 0 rings (SSSR count). The van der Waals surface area contributed by atoms with Gasteiger partial charge >= 0.3 is 0 Å². The number of likely N-dealkylation sites (N-methyl/N-ethyl adjacent to an activating group) is 1. The summed E-state index contributed by atoms with van der Waals surface area (Å²) in [6.45, 7) is 7.60. The highest BCUT2D eigenvalue weighted by Crippen LogP contribution is 2.12. The minimum atomic E-state index is -0.367. The van der Waals surface area contributed by atoms with Crippen molar-refractivity contribution in [1.82, 2.24) is 0 Å². The van der Waals surface area contributed by atoms with E-state index in [4.69, 9.17) is 0 Å². The molecule has 3 atom stereocenters. The van der Waals surface area contributed by atoms with Crippen molar-refractivity contribution in [3.05, 3.63) is 0 Å². The summed E-state index contributed by atoms with van der Waals surface area (Å²) >= 11 is 0. The zero-order valence-electron chi connectivity index (χ0n) is 11.8. The number of quaternary nitrogens is 1. The van der Waals surface area contributed by atoms with Crippen molar-refractivity contribution in [3.63, 3.8) is 0 Å². The molecule has 0 saturated carbocycles. The Morgan fingerprint density at radius 2 is 0.941 bits per heavy atom. The summed E-state index contributed by atoms with van der Waals surface area (Å²) in [5.74, 6) is 0. The number of hydrogen-bond donors (Lipinski definition) is 3. The molecule has 0 amide bonds. The molecule has 17 heavy (non-hydrogen) atoms. The van der Waals surface area contributed by atoms with Crippen LogP contribution in [0, 0.1) is 0 Å². The van der Waals surface area contributed by atoms with Crippen LogP contribution in [0.5, 0.6) is 0 Å². The maximum atomic E-state index is 9.79. The molecule has 0 heterocycles. The van der Waals surface area contributed by atoms with Gasteiger partial charge in [-0.25, -0.2) is 0 Å². The van der Waals surface area contributed by atoms with Crippen LogP contribution in [-0.2, 0) is 0 Å². The maximum absolute atomic E-state index is 9.79. The smallest absolute Gasteiger partial charge is 0.105 e. The van der Waals surface area contributed by atoms with E-state index < -0.39 is 0 Å². The van der Waals surface area contributed by atoms with Gasteiger partial charge in [-0.15, -0.1) is 0 Å². The summed E-state index contributed by atoms with van der Waals surface area (Å²) in [5, 5.41) is 29.4. The molecule has 3 unspecified atom stereocenters. The van der Waals surface area contributed by atoms with Gasteiger partial charge < -0.3 is 19.8 Å². The van der Waals surface area contributed by atoms with Crippen LogP contribution in [-0.4, -0.2) is 64.8 Å². The van der Waals surface area contributed by atoms with Crippen LogP contribution in [0.15, 0.2) is 0 Å². The van der Waals surface area contributed by atoms with Crippen molar-refractivity contribution < 1.29 is 19.8 Å². The summed E-state index contributed by atoms with van der Waals surface area (Å²) in [7, 11) is 2.00. The molecule has 0 bridgehead atoms. The standard InChI is InChI=1S/C13H30NO3/c1-5-11(15)8-14(4,9-12(16)6-2)10-13(17)7-3/h11-13,15-17H,5-10H2,1-4H3/q+1. The molecule has 0 aromatic rings. The third-order valence-electron chi connectivity index (χ3n) is 3.37. The fraction of sp³-hybridized carbons (Fsp3) is 1.00. The minimum Gasteiger partial charge on any atom is -0.387 e. The first-order chi connectivity index (χ1) is 7.86. The van der Waals surface area contributed by atoms with Crippen LogP contribution >= 0.6 is 0 Å². The van der Waals surface area contributed by atoms with E-state index in [2.05, 4.69) is 0 Å². The van der Waals surface area contributed by atoms with Crippen LogP contribution in [0.3, 0.4) is 0 Å². The van der Waals surface area contributed by atoms with Crippen molar-refractivity contribution in [2.45, 2.75) is 58.3 Å². The van der Waals surface area contributed by atoms with Crippen molar-refractivity contribution in [1.29, 1.82) is 0 Å². The third-order valence-corrected chi connectivity index (χ3v) is 3.37. The average Bonchev–Trinajstić information content (AvgIpc) is 2.27. The van der Waals surface area contributed by atoms with Crippen molar-refractivity contribution in [3.8, 4) is 0 Å². The summed E-state index contributed by atoms with van der Waals surface area (Å²) in [6, 6.07) is 0. The van der Waals surface area contributed by atoms with Gasteiger partial charge in [-0.1, -0.05) is 20.8 Å². The Bertz CT molecular complexity index is 168. The van der Waals surface area contributed by atoms with Gasteiger partial charge in [0.25, 0.3) is 0 Å². The Balaban J connectivity index is 4.55. The molecule has 4 heteroatoms. The van der Waals surface area contributed by atoms with E-state index in [1.54, 1.807) is 0 Å². The molecule has 0 spiro atoms. The summed E-state index contributed by atoms with van der Waals surface area (Å²) < 4.78 is 0.527. The highest BCUT2D eigenvalue weighted by Gasteiger charge is 2.29. The van der Waals surface area contributed by atoms with E-state index in [9.17, 15) is 15.3 Å². The lowest BCUT2D eigenvalue weighted by Crippen LogP contribution is -2.55. The first kappa shape index (κ1) is 16.8. The summed E-state index contributed by atoms with van der Waals surface area (Å²) in [4.78, 5) is 0. The topological polar surface area (TPSA) is 60.7 Å². The van der Waals surface area contributed by atoms with E-state index in [0.29, 0.717) is 43.4 Å². The average molecular weight is 248 g/mol. The Kier molecular flexibility index (Phi) is 7.96. The predicted molar refractivity (Wildman–Crippen MR) is 69.7 cm³/mol. The van der Waals surface area contributed by atoms with Gasteiger partial charge in [0.1, 0.15) is 37.9 Å². The van der Waals surface area contributed by atoms with Crippen LogP contribution in [0.25, 0.3) is 0 Å². The van der Waals surface area contributed by atoms with Crippen LogP contribution in [0.1, 0.15) is 40.0 Å². The van der Waals surface area contributed by atoms with Gasteiger partial charge in [0, 0.05) is 0 Å². The molecule has 3 N–H and O–H groups in total. The Hall–Kier alpha value is -0.160. The molecule has 0 aliphatic carbocycles. The lowest BCUT2D eigenvalue weighted by atomic mass is 10.1. The van der Waals surface area contributed by atoms with Gasteiger partial charge in [0.05, 0.1) is 7.05 Å². The Morgan fingerprint density at radius 1 is 0.706 bits per heavy atom. The van der Waals surface area contributed by atoms with E-state index in [1.807, 2.05) is 27.8 Å². The van der Waals surface area contributed by atoms with Gasteiger partial charge in [-0.3, -0.25) is 0 Å². The van der Waals surface area contributed by atoms with Crippen LogP contribution < -0.4 is 0 Å². The Morgan fingerprint density at radius 3 is 1.12 bits per heavy atom. The third kappa shape index (κ3) is 6.99. The first-order valence-corrected chi connectivity index (χ1v) is 6.74. The highest BCUT2D eigenvalue weighted by atomic mass is 16.3. The van der Waals surface area contributed by atoms with E-state index >= 15 is 0 Å². The van der Waals surface area contributed by atoms with Crippen molar-refractivity contribution >= 4 is 0 Å². The highest BCUT2D eigenvalue weighted by molar-refractivity contribution is 4.60. The zero-order chi connectivity index (χ0) is 13.5. The molecule has 104 valence electrons. The maximum Gasteiger partial charge on any atom is 0.105 e. The molecule has 0 fully saturated rings. The summed E-state index contributed by atoms with van der Waals surface area (Å²) in [6.07, 6.45) is 1.02. The van der Waals surface area contributed by atoms with Gasteiger partial charge in [0.2, 0.25) is 0 Å². The monoisotopic (exact) mass is 248 g/mol. The number of hydrogen-bond acceptors (Lipinski definition) is 3. The van der Waals surface area contributed by atoms with Gasteiger partial charge in [-0.2, -0.15) is 0 Å². The van der Waals surface area contributed by atoms with Gasteiger partial charge in [0.15, 0.2) is 0 Å². The molecule has 4 nitrogen and oxygen atoms in total. The second kappa shape index (κ2) is 8.03. The lowest BCUT2D eigenvalue weighted by molar-refractivity contribution is -0.918. The molecular formula is C13H30NO3+. The van der Waals surface area contributed by atoms with Crippen LogP contribution in [0.4, 0.5) is 0 Å². The molecule has 0 aliphatic rings. The number of nitrogens with zero attached hydrogens (tertiary/aromatic N) is 1. The van der Waals surface area contributed by atoms with E-state index in [1.165, 1.54) is 0 Å². The normalized spacial score (nSPS) is 20.6. The lowest BCUT2D eigenvalue weighted by Gasteiger charge is -2.38. The fourth-order valence-electron chi connectivity index (χ4n) is 2.14. The van der Waals surface area contributed by atoms with Crippen molar-refractivity contribution in [2.75, 3.05) is 26.7 Å². The fourth-order valence-corrected chi connectivity index (χ4v) is 2.14. The van der Waals surface area contributed by atoms with E-state index in [-0.39, 0.29) is 18.3 Å². The molecule has 0 aromatic heterocycles. The molecular weight excluding hydrogens is 218 g/mol. The Labute approximate surface area is 105 Å². The van der Waals surface area contributed by atoms with Crippen LogP contribution in [0.2, 0.25) is 0 Å². The molecule has 0 aliphatic heterocycles. The second-order valence-electron chi connectivity index (χ2n) is 5.35. The largest absolute Gasteiger partial charge is 0.387 e. The molecule has 0 radical (unpaired) electrons. The predicted octanol–water partition coefficient (Wildman–Crippen LogP) is 0.746. The number of aliphatic hydroxyl groups excluding tert-OH is 3. The zero-order valence-corrected chi connectivity index (χ0v) is 11.8.